The molecule has 0 saturated heterocycles. The maximum absolute atomic E-state index is 12.4. The summed E-state index contributed by atoms with van der Waals surface area (Å²) in [6.45, 7) is 10.2. The van der Waals surface area contributed by atoms with Gasteiger partial charge in [0.2, 0.25) is 6.10 Å². The van der Waals surface area contributed by atoms with E-state index < -0.39 is 32.2 Å². The number of hydroxylamine groups is 2. The number of rotatable bonds is 6. The Balaban J connectivity index is 2.16. The fraction of sp³-hybridized carbons (Fsp3) is 0.500. The first kappa shape index (κ1) is 20.3. The quantitative estimate of drug-likeness (QED) is 0.429. The third kappa shape index (κ3) is 3.87. The molecule has 0 aromatic heterocycles. The van der Waals surface area contributed by atoms with E-state index in [2.05, 4.69) is 20.8 Å². The Kier molecular flexibility index (Phi) is 5.69. The van der Waals surface area contributed by atoms with E-state index in [1.807, 2.05) is 13.1 Å². The third-order valence-corrected chi connectivity index (χ3v) is 9.36. The molecule has 142 valence electrons. The molecule has 8 heteroatoms. The van der Waals surface area contributed by atoms with Crippen LogP contribution in [0.2, 0.25) is 18.1 Å². The van der Waals surface area contributed by atoms with Crippen LogP contribution in [0.5, 0.6) is 0 Å². The highest BCUT2D eigenvalue weighted by molar-refractivity contribution is 6.74. The Hall–Kier alpha value is -2.03. The summed E-state index contributed by atoms with van der Waals surface area (Å²) >= 11 is 0. The van der Waals surface area contributed by atoms with Gasteiger partial charge < -0.3 is 9.16 Å². The molecule has 1 aliphatic rings. The van der Waals surface area contributed by atoms with Crippen LogP contribution in [-0.4, -0.2) is 51.0 Å². The van der Waals surface area contributed by atoms with Crippen molar-refractivity contribution in [3.05, 3.63) is 35.4 Å². The van der Waals surface area contributed by atoms with E-state index >= 15 is 0 Å². The average Bonchev–Trinajstić information content (AvgIpc) is 2.81. The minimum absolute atomic E-state index is 0.0663. The van der Waals surface area contributed by atoms with Crippen LogP contribution in [0.3, 0.4) is 0 Å². The van der Waals surface area contributed by atoms with Crippen molar-refractivity contribution >= 4 is 26.1 Å². The van der Waals surface area contributed by atoms with Crippen LogP contribution in [-0.2, 0) is 18.8 Å². The number of esters is 1. The van der Waals surface area contributed by atoms with E-state index in [-0.39, 0.29) is 22.8 Å². The Morgan fingerprint density at radius 3 is 2.04 bits per heavy atom. The summed E-state index contributed by atoms with van der Waals surface area (Å²) in [6, 6.07) is 6.40. The molecule has 0 N–H and O–H groups in total. The minimum Gasteiger partial charge on any atom is -0.467 e. The van der Waals surface area contributed by atoms with Gasteiger partial charge in [-0.1, -0.05) is 32.9 Å². The molecule has 0 radical (unpaired) electrons. The lowest BCUT2D eigenvalue weighted by molar-refractivity contribution is -0.182. The highest BCUT2D eigenvalue weighted by atomic mass is 28.4. The van der Waals surface area contributed by atoms with Crippen LogP contribution in [0.1, 0.15) is 41.5 Å². The summed E-state index contributed by atoms with van der Waals surface area (Å²) in [4.78, 5) is 42.3. The number of hydrogen-bond acceptors (Lipinski definition) is 6. The van der Waals surface area contributed by atoms with Crippen molar-refractivity contribution in [3.8, 4) is 0 Å². The number of ether oxygens (including phenoxy) is 1. The lowest BCUT2D eigenvalue weighted by Gasteiger charge is -2.37. The molecule has 1 aromatic carbocycles. The van der Waals surface area contributed by atoms with E-state index in [9.17, 15) is 14.4 Å². The normalized spacial score (nSPS) is 15.8. The van der Waals surface area contributed by atoms with Gasteiger partial charge in [-0.25, -0.2) is 9.63 Å². The number of carbonyl (C=O) groups excluding carboxylic acids is 3. The molecule has 0 bridgehead atoms. The number of methoxy groups -OCH3 is 1. The lowest BCUT2D eigenvalue weighted by Crippen LogP contribution is -2.46. The number of benzene rings is 1. The van der Waals surface area contributed by atoms with Gasteiger partial charge in [-0.2, -0.15) is 0 Å². The van der Waals surface area contributed by atoms with E-state index in [0.717, 1.165) is 0 Å². The molecule has 26 heavy (non-hydrogen) atoms. The van der Waals surface area contributed by atoms with Gasteiger partial charge in [0.15, 0.2) is 8.32 Å². The second kappa shape index (κ2) is 7.30. The molecule has 1 atom stereocenters. The first-order chi connectivity index (χ1) is 12.0. The van der Waals surface area contributed by atoms with Crippen LogP contribution < -0.4 is 0 Å². The summed E-state index contributed by atoms with van der Waals surface area (Å²) in [5.41, 5.74) is 0.484. The summed E-state index contributed by atoms with van der Waals surface area (Å²) in [6.07, 6.45) is -1.21. The molecule has 7 nitrogen and oxygen atoms in total. The van der Waals surface area contributed by atoms with Gasteiger partial charge in [0.25, 0.3) is 11.8 Å². The summed E-state index contributed by atoms with van der Waals surface area (Å²) in [5, 5.41) is 0.546. The largest absolute Gasteiger partial charge is 0.467 e. The van der Waals surface area contributed by atoms with E-state index in [1.54, 1.807) is 12.1 Å². The van der Waals surface area contributed by atoms with Crippen LogP contribution in [0.25, 0.3) is 0 Å². The maximum Gasteiger partial charge on any atom is 0.340 e. The molecule has 0 unspecified atom stereocenters. The standard InChI is InChI=1S/C18H25NO6Si/c1-18(2,3)26(5,6)24-11-14(17(22)23-4)25-19-15(20)12-9-7-8-10-13(12)16(19)21/h7-10,14H,11H2,1-6H3/t14-/m1/s1. The predicted octanol–water partition coefficient (Wildman–Crippen LogP) is 2.78. The van der Waals surface area contributed by atoms with E-state index in [4.69, 9.17) is 14.0 Å². The van der Waals surface area contributed by atoms with Crippen LogP contribution in [0.4, 0.5) is 0 Å². The van der Waals surface area contributed by atoms with Crippen molar-refractivity contribution in [2.45, 2.75) is 45.0 Å². The number of fused-ring (bicyclic) bond motifs is 1. The van der Waals surface area contributed by atoms with Crippen molar-refractivity contribution in [1.82, 2.24) is 5.06 Å². The van der Waals surface area contributed by atoms with Crippen LogP contribution in [0, 0.1) is 0 Å². The maximum atomic E-state index is 12.4. The van der Waals surface area contributed by atoms with Gasteiger partial charge in [0, 0.05) is 0 Å². The highest BCUT2D eigenvalue weighted by Crippen LogP contribution is 2.36. The van der Waals surface area contributed by atoms with Crippen LogP contribution in [0.15, 0.2) is 24.3 Å². The van der Waals surface area contributed by atoms with Gasteiger partial charge in [-0.3, -0.25) is 9.59 Å². The molecule has 1 aliphatic heterocycles. The summed E-state index contributed by atoms with van der Waals surface area (Å²) in [5.74, 6) is -1.92. The fourth-order valence-corrected chi connectivity index (χ4v) is 3.16. The Morgan fingerprint density at radius 2 is 1.62 bits per heavy atom. The number of amides is 2. The molecule has 1 aromatic rings. The van der Waals surface area contributed by atoms with Gasteiger partial charge in [0.05, 0.1) is 24.8 Å². The second-order valence-corrected chi connectivity index (χ2v) is 12.4. The summed E-state index contributed by atoms with van der Waals surface area (Å²) < 4.78 is 10.7. The second-order valence-electron chi connectivity index (χ2n) is 7.64. The topological polar surface area (TPSA) is 82.1 Å². The smallest absolute Gasteiger partial charge is 0.340 e. The highest BCUT2D eigenvalue weighted by Gasteiger charge is 2.42. The average molecular weight is 379 g/mol. The number of hydrogen-bond donors (Lipinski definition) is 0. The van der Waals surface area contributed by atoms with Crippen LogP contribution >= 0.6 is 0 Å². The molecular weight excluding hydrogens is 354 g/mol. The molecule has 0 fully saturated rings. The van der Waals surface area contributed by atoms with E-state index in [0.29, 0.717) is 5.06 Å². The zero-order valence-corrected chi connectivity index (χ0v) is 17.0. The number of imide groups is 1. The van der Waals surface area contributed by atoms with Gasteiger partial charge in [-0.05, 0) is 30.3 Å². The van der Waals surface area contributed by atoms with E-state index in [1.165, 1.54) is 19.2 Å². The first-order valence-electron chi connectivity index (χ1n) is 8.36. The SMILES string of the molecule is COC(=O)[C@@H](CO[Si](C)(C)C(C)(C)C)ON1C(=O)c2ccccc2C1=O. The number of nitrogens with zero attached hydrogens (tertiary/aromatic N) is 1. The van der Waals surface area contributed by atoms with Gasteiger partial charge in [0.1, 0.15) is 0 Å². The fourth-order valence-electron chi connectivity index (χ4n) is 2.16. The molecule has 0 saturated carbocycles. The first-order valence-corrected chi connectivity index (χ1v) is 11.3. The third-order valence-electron chi connectivity index (χ3n) is 4.86. The van der Waals surface area contributed by atoms with Crippen molar-refractivity contribution in [3.63, 3.8) is 0 Å². The molecule has 0 aliphatic carbocycles. The summed E-state index contributed by atoms with van der Waals surface area (Å²) in [7, 11) is -0.940. The van der Waals surface area contributed by atoms with Crippen molar-refractivity contribution in [1.29, 1.82) is 0 Å². The number of carbonyl (C=O) groups is 3. The van der Waals surface area contributed by atoms with Crippen molar-refractivity contribution in [2.75, 3.05) is 13.7 Å². The van der Waals surface area contributed by atoms with Gasteiger partial charge in [-0.15, -0.1) is 5.06 Å². The zero-order valence-electron chi connectivity index (χ0n) is 16.0. The molecule has 2 rings (SSSR count). The predicted molar refractivity (Wildman–Crippen MR) is 97.0 cm³/mol. The van der Waals surface area contributed by atoms with Crippen molar-refractivity contribution in [2.24, 2.45) is 0 Å². The Bertz CT molecular complexity index is 690. The zero-order chi connectivity index (χ0) is 19.7. The molecule has 2 amide bonds. The Morgan fingerprint density at radius 1 is 1.12 bits per heavy atom. The van der Waals surface area contributed by atoms with Gasteiger partial charge >= 0.3 is 5.97 Å². The molecular formula is C18H25NO6Si. The molecule has 0 spiro atoms. The monoisotopic (exact) mass is 379 g/mol. The Labute approximate surface area is 154 Å². The minimum atomic E-state index is -2.16. The molecule has 1 heterocycles. The lowest BCUT2D eigenvalue weighted by atomic mass is 10.1. The van der Waals surface area contributed by atoms with Crippen molar-refractivity contribution < 1.29 is 28.4 Å².